The van der Waals surface area contributed by atoms with Crippen molar-refractivity contribution in [2.24, 2.45) is 0 Å². The summed E-state index contributed by atoms with van der Waals surface area (Å²) in [5.41, 5.74) is 1.80. The third-order valence-corrected chi connectivity index (χ3v) is 3.07. The van der Waals surface area contributed by atoms with Crippen molar-refractivity contribution in [3.8, 4) is 0 Å². The van der Waals surface area contributed by atoms with E-state index in [9.17, 15) is 0 Å². The van der Waals surface area contributed by atoms with Crippen LogP contribution in [-0.4, -0.2) is 5.16 Å². The molecule has 15 heavy (non-hydrogen) atoms. The van der Waals surface area contributed by atoms with Gasteiger partial charge in [0.1, 0.15) is 5.69 Å². The molecule has 74 valence electrons. The number of nitrogens with zero attached hydrogens (tertiary/aromatic N) is 1. The lowest BCUT2D eigenvalue weighted by atomic mass is 10.1. The predicted octanol–water partition coefficient (Wildman–Crippen LogP) is 3.88. The summed E-state index contributed by atoms with van der Waals surface area (Å²) < 4.78 is 5.27. The fraction of sp³-hybridized carbons (Fsp3) is 0.0833. The van der Waals surface area contributed by atoms with Crippen LogP contribution >= 0.6 is 15.9 Å². The highest BCUT2D eigenvalue weighted by molar-refractivity contribution is 9.08. The highest BCUT2D eigenvalue weighted by Crippen LogP contribution is 2.26. The first kappa shape index (κ1) is 8.92. The fourth-order valence-corrected chi connectivity index (χ4v) is 2.17. The van der Waals surface area contributed by atoms with Crippen LogP contribution in [-0.2, 0) is 5.33 Å². The van der Waals surface area contributed by atoms with E-state index >= 15 is 0 Å². The predicted molar refractivity (Wildman–Crippen MR) is 64.1 cm³/mol. The molecule has 0 saturated carbocycles. The molecule has 1 heterocycles. The normalized spacial score (nSPS) is 11.3. The minimum Gasteiger partial charge on any atom is -0.356 e. The summed E-state index contributed by atoms with van der Waals surface area (Å²) in [7, 11) is 0. The number of fused-ring (bicyclic) bond motifs is 2. The summed E-state index contributed by atoms with van der Waals surface area (Å²) in [5.74, 6) is 0. The molecule has 0 spiro atoms. The van der Waals surface area contributed by atoms with E-state index in [0.717, 1.165) is 22.0 Å². The van der Waals surface area contributed by atoms with E-state index in [4.69, 9.17) is 4.52 Å². The van der Waals surface area contributed by atoms with Gasteiger partial charge in [-0.05, 0) is 22.9 Å². The molecule has 3 aromatic rings. The van der Waals surface area contributed by atoms with Gasteiger partial charge in [0.25, 0.3) is 0 Å². The molecule has 2 aromatic carbocycles. The van der Waals surface area contributed by atoms with Crippen LogP contribution in [0.4, 0.5) is 0 Å². The molecule has 0 aliphatic carbocycles. The molecule has 0 amide bonds. The molecule has 0 atom stereocenters. The number of alkyl halides is 1. The average Bonchev–Trinajstić information content (AvgIpc) is 2.68. The first-order chi connectivity index (χ1) is 7.38. The zero-order valence-electron chi connectivity index (χ0n) is 7.90. The van der Waals surface area contributed by atoms with Gasteiger partial charge in [0, 0.05) is 10.7 Å². The molecule has 3 heteroatoms. The van der Waals surface area contributed by atoms with Crippen LogP contribution in [0.5, 0.6) is 0 Å². The zero-order chi connectivity index (χ0) is 10.3. The molecule has 0 aliphatic rings. The molecule has 0 saturated heterocycles. The van der Waals surface area contributed by atoms with Gasteiger partial charge in [0.2, 0.25) is 0 Å². The van der Waals surface area contributed by atoms with Crippen LogP contribution < -0.4 is 0 Å². The second-order valence-electron chi connectivity index (χ2n) is 3.46. The SMILES string of the molecule is BrCc1noc2cc3ccccc3cc12. The van der Waals surface area contributed by atoms with Crippen LogP contribution in [0.15, 0.2) is 40.9 Å². The Labute approximate surface area is 95.0 Å². The Kier molecular flexibility index (Phi) is 1.99. The van der Waals surface area contributed by atoms with Gasteiger partial charge in [0.15, 0.2) is 5.58 Å². The molecule has 3 rings (SSSR count). The van der Waals surface area contributed by atoms with E-state index in [1.807, 2.05) is 18.2 Å². The lowest BCUT2D eigenvalue weighted by Gasteiger charge is -1.96. The molecule has 0 fully saturated rings. The topological polar surface area (TPSA) is 26.0 Å². The van der Waals surface area contributed by atoms with Gasteiger partial charge in [-0.3, -0.25) is 0 Å². The van der Waals surface area contributed by atoms with Gasteiger partial charge in [-0.2, -0.15) is 0 Å². The van der Waals surface area contributed by atoms with Gasteiger partial charge in [-0.1, -0.05) is 45.4 Å². The van der Waals surface area contributed by atoms with Crippen molar-refractivity contribution in [3.05, 3.63) is 42.1 Å². The lowest BCUT2D eigenvalue weighted by molar-refractivity contribution is 0.450. The maximum Gasteiger partial charge on any atom is 0.167 e. The van der Waals surface area contributed by atoms with E-state index in [2.05, 4.69) is 39.3 Å². The zero-order valence-corrected chi connectivity index (χ0v) is 9.49. The Balaban J connectivity index is 2.45. The average molecular weight is 262 g/mol. The van der Waals surface area contributed by atoms with Crippen LogP contribution in [0.3, 0.4) is 0 Å². The summed E-state index contributed by atoms with van der Waals surface area (Å²) in [4.78, 5) is 0. The molecule has 2 nitrogen and oxygen atoms in total. The molecule has 0 radical (unpaired) electrons. The van der Waals surface area contributed by atoms with E-state index < -0.39 is 0 Å². The number of aromatic nitrogens is 1. The van der Waals surface area contributed by atoms with Crippen molar-refractivity contribution in [1.82, 2.24) is 5.16 Å². The van der Waals surface area contributed by atoms with Crippen molar-refractivity contribution < 1.29 is 4.52 Å². The Bertz CT molecular complexity index is 630. The first-order valence-electron chi connectivity index (χ1n) is 4.71. The molecular weight excluding hydrogens is 254 g/mol. The van der Waals surface area contributed by atoms with Crippen molar-refractivity contribution >= 4 is 37.7 Å². The van der Waals surface area contributed by atoms with Crippen molar-refractivity contribution in [2.45, 2.75) is 5.33 Å². The summed E-state index contributed by atoms with van der Waals surface area (Å²) in [5, 5.41) is 8.22. The van der Waals surface area contributed by atoms with Crippen molar-refractivity contribution in [3.63, 3.8) is 0 Å². The van der Waals surface area contributed by atoms with Crippen molar-refractivity contribution in [1.29, 1.82) is 0 Å². The van der Waals surface area contributed by atoms with Gasteiger partial charge in [0.05, 0.1) is 0 Å². The van der Waals surface area contributed by atoms with Crippen LogP contribution in [0.2, 0.25) is 0 Å². The minimum absolute atomic E-state index is 0.721. The molecule has 0 aliphatic heterocycles. The Hall–Kier alpha value is -1.35. The smallest absolute Gasteiger partial charge is 0.167 e. The monoisotopic (exact) mass is 261 g/mol. The molecule has 0 unspecified atom stereocenters. The molecule has 0 N–H and O–H groups in total. The van der Waals surface area contributed by atoms with Crippen LogP contribution in [0, 0.1) is 0 Å². The van der Waals surface area contributed by atoms with Crippen molar-refractivity contribution in [2.75, 3.05) is 0 Å². The highest BCUT2D eigenvalue weighted by atomic mass is 79.9. The standard InChI is InChI=1S/C12H8BrNO/c13-7-11-10-5-8-3-1-2-4-9(8)6-12(10)15-14-11/h1-6H,7H2. The Morgan fingerprint density at radius 1 is 1.13 bits per heavy atom. The number of hydrogen-bond donors (Lipinski definition) is 0. The maximum absolute atomic E-state index is 5.27. The van der Waals surface area contributed by atoms with E-state index in [0.29, 0.717) is 0 Å². The van der Waals surface area contributed by atoms with Gasteiger partial charge < -0.3 is 4.52 Å². The molecule has 1 aromatic heterocycles. The number of halogens is 1. The highest BCUT2D eigenvalue weighted by Gasteiger charge is 2.07. The number of rotatable bonds is 1. The Morgan fingerprint density at radius 2 is 1.87 bits per heavy atom. The number of hydrogen-bond acceptors (Lipinski definition) is 2. The van der Waals surface area contributed by atoms with Crippen LogP contribution in [0.1, 0.15) is 5.69 Å². The van der Waals surface area contributed by atoms with Crippen LogP contribution in [0.25, 0.3) is 21.7 Å². The summed E-state index contributed by atoms with van der Waals surface area (Å²) in [6.45, 7) is 0. The Morgan fingerprint density at radius 3 is 2.60 bits per heavy atom. The lowest BCUT2D eigenvalue weighted by Crippen LogP contribution is -1.77. The van der Waals surface area contributed by atoms with Gasteiger partial charge in [-0.15, -0.1) is 0 Å². The molecule has 0 bridgehead atoms. The fourth-order valence-electron chi connectivity index (χ4n) is 1.77. The van der Waals surface area contributed by atoms with E-state index in [-0.39, 0.29) is 0 Å². The van der Waals surface area contributed by atoms with E-state index in [1.165, 1.54) is 10.8 Å². The third-order valence-electron chi connectivity index (χ3n) is 2.54. The quantitative estimate of drug-likeness (QED) is 0.622. The largest absolute Gasteiger partial charge is 0.356 e. The summed E-state index contributed by atoms with van der Waals surface area (Å²) in [6, 6.07) is 12.4. The first-order valence-corrected chi connectivity index (χ1v) is 5.83. The summed E-state index contributed by atoms with van der Waals surface area (Å²) >= 11 is 3.40. The second kappa shape index (κ2) is 3.35. The molecular formula is C12H8BrNO. The minimum atomic E-state index is 0.721. The second-order valence-corrected chi connectivity index (χ2v) is 4.02. The number of benzene rings is 2. The van der Waals surface area contributed by atoms with Gasteiger partial charge >= 0.3 is 0 Å². The summed E-state index contributed by atoms with van der Waals surface area (Å²) in [6.07, 6.45) is 0. The van der Waals surface area contributed by atoms with E-state index in [1.54, 1.807) is 0 Å². The maximum atomic E-state index is 5.27. The van der Waals surface area contributed by atoms with Gasteiger partial charge in [-0.25, -0.2) is 0 Å². The third kappa shape index (κ3) is 1.35.